The number of aromatic nitrogens is 1. The Labute approximate surface area is 161 Å². The molecule has 3 rings (SSSR count). The summed E-state index contributed by atoms with van der Waals surface area (Å²) >= 11 is 1.57. The number of benzene rings is 2. The SMILES string of the molecule is CC(=O)Nc1cccc(NC(=O)c2cccc(OCc3csc(C)n3)c2)c1. The molecule has 0 fully saturated rings. The van der Waals surface area contributed by atoms with Crippen LogP contribution in [0.25, 0.3) is 0 Å². The molecule has 0 saturated heterocycles. The molecule has 0 bridgehead atoms. The Kier molecular flexibility index (Phi) is 5.83. The van der Waals surface area contributed by atoms with E-state index >= 15 is 0 Å². The highest BCUT2D eigenvalue weighted by atomic mass is 32.1. The van der Waals surface area contributed by atoms with Crippen molar-refractivity contribution in [2.45, 2.75) is 20.5 Å². The smallest absolute Gasteiger partial charge is 0.255 e. The Bertz CT molecular complexity index is 968. The zero-order valence-electron chi connectivity index (χ0n) is 15.0. The summed E-state index contributed by atoms with van der Waals surface area (Å²) in [7, 11) is 0. The van der Waals surface area contributed by atoms with E-state index in [-0.39, 0.29) is 11.8 Å². The number of aryl methyl sites for hydroxylation is 1. The lowest BCUT2D eigenvalue weighted by Gasteiger charge is -2.09. The van der Waals surface area contributed by atoms with Crippen molar-refractivity contribution in [2.75, 3.05) is 10.6 Å². The van der Waals surface area contributed by atoms with Gasteiger partial charge in [0, 0.05) is 29.2 Å². The Hall–Kier alpha value is -3.19. The lowest BCUT2D eigenvalue weighted by Crippen LogP contribution is -2.12. The first-order chi connectivity index (χ1) is 13.0. The van der Waals surface area contributed by atoms with Crippen LogP contribution in [0.2, 0.25) is 0 Å². The van der Waals surface area contributed by atoms with E-state index in [1.165, 1.54) is 6.92 Å². The van der Waals surface area contributed by atoms with E-state index in [4.69, 9.17) is 4.74 Å². The highest BCUT2D eigenvalue weighted by molar-refractivity contribution is 7.09. The predicted octanol–water partition coefficient (Wildman–Crippen LogP) is 4.24. The van der Waals surface area contributed by atoms with Crippen molar-refractivity contribution in [3.8, 4) is 5.75 Å². The molecule has 1 heterocycles. The summed E-state index contributed by atoms with van der Waals surface area (Å²) in [5.41, 5.74) is 2.56. The summed E-state index contributed by atoms with van der Waals surface area (Å²) in [5.74, 6) is 0.170. The Morgan fingerprint density at radius 2 is 1.81 bits per heavy atom. The summed E-state index contributed by atoms with van der Waals surface area (Å²) in [4.78, 5) is 28.0. The molecule has 0 spiro atoms. The maximum atomic E-state index is 12.5. The first-order valence-electron chi connectivity index (χ1n) is 8.32. The highest BCUT2D eigenvalue weighted by Gasteiger charge is 2.09. The third kappa shape index (κ3) is 5.39. The van der Waals surface area contributed by atoms with Crippen LogP contribution >= 0.6 is 11.3 Å². The molecule has 1 aromatic heterocycles. The second-order valence-electron chi connectivity index (χ2n) is 5.89. The second kappa shape index (κ2) is 8.46. The summed E-state index contributed by atoms with van der Waals surface area (Å²) < 4.78 is 5.73. The van der Waals surface area contributed by atoms with Crippen molar-refractivity contribution < 1.29 is 14.3 Å². The van der Waals surface area contributed by atoms with Crippen LogP contribution in [0.1, 0.15) is 28.0 Å². The van der Waals surface area contributed by atoms with Crippen LogP contribution in [0.3, 0.4) is 0 Å². The minimum atomic E-state index is -0.259. The van der Waals surface area contributed by atoms with Crippen molar-refractivity contribution >= 4 is 34.5 Å². The van der Waals surface area contributed by atoms with Crippen LogP contribution in [-0.4, -0.2) is 16.8 Å². The molecule has 0 radical (unpaired) electrons. The summed E-state index contributed by atoms with van der Waals surface area (Å²) in [6, 6.07) is 13.9. The molecule has 2 N–H and O–H groups in total. The lowest BCUT2D eigenvalue weighted by molar-refractivity contribution is -0.114. The molecule has 2 amide bonds. The van der Waals surface area contributed by atoms with Gasteiger partial charge in [-0.3, -0.25) is 9.59 Å². The number of rotatable bonds is 6. The highest BCUT2D eigenvalue weighted by Crippen LogP contribution is 2.19. The van der Waals surface area contributed by atoms with E-state index in [2.05, 4.69) is 15.6 Å². The second-order valence-corrected chi connectivity index (χ2v) is 6.95. The normalized spacial score (nSPS) is 10.3. The maximum absolute atomic E-state index is 12.5. The minimum absolute atomic E-state index is 0.168. The van der Waals surface area contributed by atoms with E-state index in [1.807, 2.05) is 12.3 Å². The van der Waals surface area contributed by atoms with Crippen LogP contribution in [-0.2, 0) is 11.4 Å². The van der Waals surface area contributed by atoms with Gasteiger partial charge in [0.1, 0.15) is 12.4 Å². The fourth-order valence-electron chi connectivity index (χ4n) is 2.44. The fraction of sp³-hybridized carbons (Fsp3) is 0.150. The molecule has 6 nitrogen and oxygen atoms in total. The molecule has 2 aromatic carbocycles. The largest absolute Gasteiger partial charge is 0.487 e. The van der Waals surface area contributed by atoms with Gasteiger partial charge in [0.2, 0.25) is 5.91 Å². The molecular weight excluding hydrogens is 362 g/mol. The molecular formula is C20H19N3O3S. The quantitative estimate of drug-likeness (QED) is 0.669. The van der Waals surface area contributed by atoms with Crippen LogP contribution in [0, 0.1) is 6.92 Å². The summed E-state index contributed by atoms with van der Waals surface area (Å²) in [6.07, 6.45) is 0. The summed E-state index contributed by atoms with van der Waals surface area (Å²) in [5, 5.41) is 8.45. The fourth-order valence-corrected chi connectivity index (χ4v) is 3.04. The lowest BCUT2D eigenvalue weighted by atomic mass is 10.2. The average molecular weight is 381 g/mol. The number of nitrogens with zero attached hydrogens (tertiary/aromatic N) is 1. The Morgan fingerprint density at radius 1 is 1.07 bits per heavy atom. The number of thiazole rings is 1. The molecule has 0 atom stereocenters. The third-order valence-electron chi connectivity index (χ3n) is 3.59. The van der Waals surface area contributed by atoms with Gasteiger partial charge in [-0.1, -0.05) is 12.1 Å². The van der Waals surface area contributed by atoms with Crippen LogP contribution in [0.4, 0.5) is 11.4 Å². The van der Waals surface area contributed by atoms with Crippen molar-refractivity contribution in [2.24, 2.45) is 0 Å². The molecule has 0 aliphatic rings. The van der Waals surface area contributed by atoms with Gasteiger partial charge in [0.15, 0.2) is 0 Å². The number of hydrogen-bond donors (Lipinski definition) is 2. The number of amides is 2. The topological polar surface area (TPSA) is 80.3 Å². The van der Waals surface area contributed by atoms with E-state index in [0.717, 1.165) is 10.7 Å². The minimum Gasteiger partial charge on any atom is -0.487 e. The van der Waals surface area contributed by atoms with Crippen molar-refractivity contribution in [1.29, 1.82) is 0 Å². The van der Waals surface area contributed by atoms with E-state index in [1.54, 1.807) is 59.9 Å². The first kappa shape index (κ1) is 18.6. The van der Waals surface area contributed by atoms with Gasteiger partial charge in [-0.2, -0.15) is 0 Å². The number of nitrogens with one attached hydrogen (secondary N) is 2. The zero-order valence-corrected chi connectivity index (χ0v) is 15.8. The molecule has 138 valence electrons. The first-order valence-corrected chi connectivity index (χ1v) is 9.20. The van der Waals surface area contributed by atoms with Crippen molar-refractivity contribution in [1.82, 2.24) is 4.98 Å². The Morgan fingerprint density at radius 3 is 2.52 bits per heavy atom. The third-order valence-corrected chi connectivity index (χ3v) is 4.41. The van der Waals surface area contributed by atoms with Crippen LogP contribution < -0.4 is 15.4 Å². The predicted molar refractivity (Wildman–Crippen MR) is 106 cm³/mol. The van der Waals surface area contributed by atoms with E-state index in [0.29, 0.717) is 29.3 Å². The van der Waals surface area contributed by atoms with Crippen LogP contribution in [0.15, 0.2) is 53.9 Å². The van der Waals surface area contributed by atoms with Crippen molar-refractivity contribution in [3.63, 3.8) is 0 Å². The Balaban J connectivity index is 1.65. The number of carbonyl (C=O) groups excluding carboxylic acids is 2. The molecule has 3 aromatic rings. The number of ether oxygens (including phenoxy) is 1. The maximum Gasteiger partial charge on any atom is 0.255 e. The molecule has 0 unspecified atom stereocenters. The number of hydrogen-bond acceptors (Lipinski definition) is 5. The van der Waals surface area contributed by atoms with E-state index < -0.39 is 0 Å². The summed E-state index contributed by atoms with van der Waals surface area (Å²) in [6.45, 7) is 3.73. The van der Waals surface area contributed by atoms with Gasteiger partial charge >= 0.3 is 0 Å². The van der Waals surface area contributed by atoms with Gasteiger partial charge in [0.25, 0.3) is 5.91 Å². The molecule has 0 saturated carbocycles. The van der Waals surface area contributed by atoms with Crippen molar-refractivity contribution in [3.05, 3.63) is 70.2 Å². The van der Waals surface area contributed by atoms with E-state index in [9.17, 15) is 9.59 Å². The van der Waals surface area contributed by atoms with Crippen LogP contribution in [0.5, 0.6) is 5.75 Å². The van der Waals surface area contributed by atoms with Gasteiger partial charge in [-0.25, -0.2) is 4.98 Å². The average Bonchev–Trinajstić information content (AvgIpc) is 3.05. The van der Waals surface area contributed by atoms with Gasteiger partial charge in [-0.05, 0) is 43.3 Å². The monoisotopic (exact) mass is 381 g/mol. The zero-order chi connectivity index (χ0) is 19.2. The van der Waals surface area contributed by atoms with Gasteiger partial charge < -0.3 is 15.4 Å². The van der Waals surface area contributed by atoms with Gasteiger partial charge in [0.05, 0.1) is 10.7 Å². The molecule has 7 heteroatoms. The number of anilines is 2. The molecule has 0 aliphatic carbocycles. The molecule has 0 aliphatic heterocycles. The number of carbonyl (C=O) groups is 2. The van der Waals surface area contributed by atoms with Gasteiger partial charge in [-0.15, -0.1) is 11.3 Å². The standard InChI is InChI=1S/C20H19N3O3S/c1-13(24)21-16-6-4-7-17(10-16)23-20(25)15-5-3-8-19(9-15)26-11-18-12-27-14(2)22-18/h3-10,12H,11H2,1-2H3,(H,21,24)(H,23,25). The molecule has 27 heavy (non-hydrogen) atoms.